The molecule has 0 amide bonds. The highest BCUT2D eigenvalue weighted by Gasteiger charge is 2.36. The lowest BCUT2D eigenvalue weighted by atomic mass is 9.78. The summed E-state index contributed by atoms with van der Waals surface area (Å²) < 4.78 is 6.19. The molecule has 2 nitrogen and oxygen atoms in total. The Hall–Kier alpha value is -0.0800. The zero-order valence-electron chi connectivity index (χ0n) is 10.8. The molecule has 0 heterocycles. The van der Waals surface area contributed by atoms with Crippen molar-refractivity contribution in [1.29, 1.82) is 0 Å². The molecule has 0 radical (unpaired) electrons. The second kappa shape index (κ2) is 5.86. The molecule has 1 rings (SSSR count). The van der Waals surface area contributed by atoms with E-state index in [4.69, 9.17) is 4.74 Å². The summed E-state index contributed by atoms with van der Waals surface area (Å²) in [6.45, 7) is 10.9. The van der Waals surface area contributed by atoms with Gasteiger partial charge in [-0.05, 0) is 39.2 Å². The van der Waals surface area contributed by atoms with Gasteiger partial charge in [-0.3, -0.25) is 0 Å². The second-order valence-electron chi connectivity index (χ2n) is 5.33. The molecule has 15 heavy (non-hydrogen) atoms. The average Bonchev–Trinajstić information content (AvgIpc) is 2.13. The van der Waals surface area contributed by atoms with Crippen molar-refractivity contribution in [3.05, 3.63) is 0 Å². The number of nitrogens with one attached hydrogen (secondary N) is 1. The number of ether oxygens (including phenoxy) is 1. The Morgan fingerprint density at radius 1 is 1.47 bits per heavy atom. The van der Waals surface area contributed by atoms with Crippen LogP contribution < -0.4 is 5.32 Å². The maximum absolute atomic E-state index is 6.19. The van der Waals surface area contributed by atoms with E-state index in [1.165, 1.54) is 25.7 Å². The fraction of sp³-hybridized carbons (Fsp3) is 1.00. The Morgan fingerprint density at radius 3 is 2.73 bits per heavy atom. The van der Waals surface area contributed by atoms with Crippen LogP contribution in [0.5, 0.6) is 0 Å². The predicted octanol–water partition coefficient (Wildman–Crippen LogP) is 2.97. The van der Waals surface area contributed by atoms with Gasteiger partial charge in [0.1, 0.15) is 0 Å². The van der Waals surface area contributed by atoms with E-state index in [2.05, 4.69) is 33.0 Å². The summed E-state index contributed by atoms with van der Waals surface area (Å²) in [5, 5.41) is 3.46. The molecule has 1 saturated carbocycles. The van der Waals surface area contributed by atoms with Crippen molar-refractivity contribution in [1.82, 2.24) is 5.32 Å². The van der Waals surface area contributed by atoms with Gasteiger partial charge in [-0.1, -0.05) is 26.7 Å². The summed E-state index contributed by atoms with van der Waals surface area (Å²) in [7, 11) is 0. The summed E-state index contributed by atoms with van der Waals surface area (Å²) in [6.07, 6.45) is 5.48. The molecule has 0 aliphatic heterocycles. The van der Waals surface area contributed by atoms with Gasteiger partial charge in [0.2, 0.25) is 0 Å². The third-order valence-corrected chi connectivity index (χ3v) is 3.23. The van der Waals surface area contributed by atoms with Crippen molar-refractivity contribution in [2.45, 2.75) is 65.1 Å². The van der Waals surface area contributed by atoms with Crippen LogP contribution in [0.25, 0.3) is 0 Å². The first-order valence-electron chi connectivity index (χ1n) is 6.46. The highest BCUT2D eigenvalue weighted by Crippen LogP contribution is 2.35. The quantitative estimate of drug-likeness (QED) is 0.758. The molecule has 1 aliphatic rings. The zero-order valence-corrected chi connectivity index (χ0v) is 10.8. The SMILES string of the molecule is CCNCC1(OC(C)C)CCCC(C)C1. The predicted molar refractivity (Wildman–Crippen MR) is 65.1 cm³/mol. The van der Waals surface area contributed by atoms with E-state index >= 15 is 0 Å². The smallest absolute Gasteiger partial charge is 0.0812 e. The number of hydrogen-bond acceptors (Lipinski definition) is 2. The van der Waals surface area contributed by atoms with Gasteiger partial charge in [0, 0.05) is 6.54 Å². The monoisotopic (exact) mass is 213 g/mol. The molecule has 2 heteroatoms. The van der Waals surface area contributed by atoms with Gasteiger partial charge in [0.25, 0.3) is 0 Å². The van der Waals surface area contributed by atoms with E-state index < -0.39 is 0 Å². The fourth-order valence-electron chi connectivity index (χ4n) is 2.77. The van der Waals surface area contributed by atoms with Gasteiger partial charge in [0.05, 0.1) is 11.7 Å². The van der Waals surface area contributed by atoms with E-state index in [-0.39, 0.29) is 5.60 Å². The summed E-state index contributed by atoms with van der Waals surface area (Å²) in [6, 6.07) is 0. The fourth-order valence-corrected chi connectivity index (χ4v) is 2.77. The molecule has 90 valence electrons. The van der Waals surface area contributed by atoms with E-state index in [0.29, 0.717) is 6.10 Å². The van der Waals surface area contributed by atoms with Crippen LogP contribution in [0.3, 0.4) is 0 Å². The molecule has 2 unspecified atom stereocenters. The molecular formula is C13H27NO. The molecule has 1 N–H and O–H groups in total. The van der Waals surface area contributed by atoms with E-state index in [1.807, 2.05) is 0 Å². The largest absolute Gasteiger partial charge is 0.371 e. The van der Waals surface area contributed by atoms with Crippen LogP contribution in [0.2, 0.25) is 0 Å². The minimum Gasteiger partial charge on any atom is -0.371 e. The Labute approximate surface area is 94.8 Å². The summed E-state index contributed by atoms with van der Waals surface area (Å²) in [5.41, 5.74) is 0.113. The van der Waals surface area contributed by atoms with Gasteiger partial charge < -0.3 is 10.1 Å². The molecular weight excluding hydrogens is 186 g/mol. The molecule has 0 aromatic rings. The topological polar surface area (TPSA) is 21.3 Å². The first-order chi connectivity index (χ1) is 7.08. The van der Waals surface area contributed by atoms with Gasteiger partial charge in [0.15, 0.2) is 0 Å². The highest BCUT2D eigenvalue weighted by molar-refractivity contribution is 4.89. The first kappa shape index (κ1) is 13.0. The van der Waals surface area contributed by atoms with Crippen LogP contribution in [0.15, 0.2) is 0 Å². The Bertz CT molecular complexity index is 177. The highest BCUT2D eigenvalue weighted by atomic mass is 16.5. The van der Waals surface area contributed by atoms with Crippen LogP contribution in [-0.4, -0.2) is 24.8 Å². The van der Waals surface area contributed by atoms with Gasteiger partial charge in [-0.25, -0.2) is 0 Å². The van der Waals surface area contributed by atoms with Crippen molar-refractivity contribution < 1.29 is 4.74 Å². The minimum atomic E-state index is 0.113. The minimum absolute atomic E-state index is 0.113. The summed E-state index contributed by atoms with van der Waals surface area (Å²) in [4.78, 5) is 0. The summed E-state index contributed by atoms with van der Waals surface area (Å²) in [5.74, 6) is 0.816. The van der Waals surface area contributed by atoms with Crippen LogP contribution in [-0.2, 0) is 4.74 Å². The molecule has 1 aliphatic carbocycles. The normalized spacial score (nSPS) is 32.2. The van der Waals surface area contributed by atoms with Gasteiger partial charge in [-0.2, -0.15) is 0 Å². The molecule has 1 fully saturated rings. The molecule has 0 aromatic heterocycles. The van der Waals surface area contributed by atoms with Crippen molar-refractivity contribution in [3.8, 4) is 0 Å². The Morgan fingerprint density at radius 2 is 2.20 bits per heavy atom. The van der Waals surface area contributed by atoms with Crippen molar-refractivity contribution in [3.63, 3.8) is 0 Å². The third-order valence-electron chi connectivity index (χ3n) is 3.23. The van der Waals surface area contributed by atoms with Crippen LogP contribution in [0, 0.1) is 5.92 Å². The van der Waals surface area contributed by atoms with Crippen LogP contribution in [0.1, 0.15) is 53.4 Å². The second-order valence-corrected chi connectivity index (χ2v) is 5.33. The number of hydrogen-bond donors (Lipinski definition) is 1. The van der Waals surface area contributed by atoms with Gasteiger partial charge >= 0.3 is 0 Å². The molecule has 2 atom stereocenters. The molecule has 0 bridgehead atoms. The third kappa shape index (κ3) is 4.12. The standard InChI is InChI=1S/C13H27NO/c1-5-14-10-13(15-11(2)3)8-6-7-12(4)9-13/h11-12,14H,5-10H2,1-4H3. The van der Waals surface area contributed by atoms with Crippen molar-refractivity contribution in [2.24, 2.45) is 5.92 Å². The van der Waals surface area contributed by atoms with E-state index in [9.17, 15) is 0 Å². The Kier molecular flexibility index (Phi) is 5.07. The lowest BCUT2D eigenvalue weighted by Gasteiger charge is -2.41. The van der Waals surface area contributed by atoms with Crippen LogP contribution in [0.4, 0.5) is 0 Å². The lowest BCUT2D eigenvalue weighted by Crippen LogP contribution is -2.47. The van der Waals surface area contributed by atoms with Crippen LogP contribution >= 0.6 is 0 Å². The van der Waals surface area contributed by atoms with Crippen molar-refractivity contribution in [2.75, 3.05) is 13.1 Å². The first-order valence-corrected chi connectivity index (χ1v) is 6.46. The molecule has 0 aromatic carbocycles. The number of likely N-dealkylation sites (N-methyl/N-ethyl adjacent to an activating group) is 1. The average molecular weight is 213 g/mol. The van der Waals surface area contributed by atoms with E-state index in [0.717, 1.165) is 19.0 Å². The zero-order chi connectivity index (χ0) is 11.3. The van der Waals surface area contributed by atoms with E-state index in [1.54, 1.807) is 0 Å². The molecule has 0 spiro atoms. The maximum atomic E-state index is 6.19. The maximum Gasteiger partial charge on any atom is 0.0812 e. The number of rotatable bonds is 5. The molecule has 0 saturated heterocycles. The lowest BCUT2D eigenvalue weighted by molar-refractivity contribution is -0.108. The van der Waals surface area contributed by atoms with Crippen molar-refractivity contribution >= 4 is 0 Å². The summed E-state index contributed by atoms with van der Waals surface area (Å²) >= 11 is 0. The Balaban J connectivity index is 2.57. The van der Waals surface area contributed by atoms with Gasteiger partial charge in [-0.15, -0.1) is 0 Å².